The van der Waals surface area contributed by atoms with Crippen LogP contribution in [0.4, 0.5) is 0 Å². The Morgan fingerprint density at radius 3 is 2.08 bits per heavy atom. The van der Waals surface area contributed by atoms with E-state index in [1.54, 1.807) is 4.90 Å². The zero-order valence-corrected chi connectivity index (χ0v) is 15.5. The molecule has 1 N–H and O–H groups in total. The van der Waals surface area contributed by atoms with Crippen molar-refractivity contribution in [1.82, 2.24) is 14.5 Å². The smallest absolute Gasteiger partial charge is 0.275 e. The van der Waals surface area contributed by atoms with E-state index in [0.717, 1.165) is 0 Å². The zero-order valence-electron chi connectivity index (χ0n) is 12.3. The Morgan fingerprint density at radius 1 is 1.00 bits per heavy atom. The van der Waals surface area contributed by atoms with Gasteiger partial charge in [0.1, 0.15) is 10.2 Å². The van der Waals surface area contributed by atoms with Gasteiger partial charge in [-0.2, -0.15) is 4.31 Å². The molecule has 0 unspecified atom stereocenters. The molecular formula is C14H13BrClN3O4S. The molecule has 1 fully saturated rings. The first kappa shape index (κ1) is 17.4. The first-order valence-electron chi connectivity index (χ1n) is 7.07. The minimum Gasteiger partial charge on any atom is -0.363 e. The molecule has 0 atom stereocenters. The highest BCUT2D eigenvalue weighted by molar-refractivity contribution is 9.12. The molecule has 2 aliphatic heterocycles. The third kappa shape index (κ3) is 3.08. The van der Waals surface area contributed by atoms with Gasteiger partial charge in [0.15, 0.2) is 0 Å². The molecule has 1 aromatic carbocycles. The third-order valence-electron chi connectivity index (χ3n) is 3.86. The lowest BCUT2D eigenvalue weighted by Gasteiger charge is -2.35. The second kappa shape index (κ2) is 6.47. The van der Waals surface area contributed by atoms with Gasteiger partial charge >= 0.3 is 0 Å². The molecule has 0 saturated carbocycles. The van der Waals surface area contributed by atoms with Crippen LogP contribution < -0.4 is 5.32 Å². The predicted molar refractivity (Wildman–Crippen MR) is 90.9 cm³/mol. The van der Waals surface area contributed by atoms with Crippen LogP contribution in [0.15, 0.2) is 39.3 Å². The van der Waals surface area contributed by atoms with E-state index < -0.39 is 21.8 Å². The number of benzene rings is 1. The van der Waals surface area contributed by atoms with Crippen molar-refractivity contribution in [1.29, 1.82) is 0 Å². The van der Waals surface area contributed by atoms with Crippen LogP contribution in [0, 0.1) is 0 Å². The van der Waals surface area contributed by atoms with Crippen LogP contribution >= 0.6 is 27.5 Å². The van der Waals surface area contributed by atoms with Crippen LogP contribution in [0.25, 0.3) is 0 Å². The number of imide groups is 1. The van der Waals surface area contributed by atoms with Crippen LogP contribution in [-0.4, -0.2) is 55.6 Å². The Hall–Kier alpha value is -1.42. The molecule has 128 valence electrons. The maximum absolute atomic E-state index is 12.6. The zero-order chi connectivity index (χ0) is 17.5. The summed E-state index contributed by atoms with van der Waals surface area (Å²) in [5.41, 5.74) is 0.253. The monoisotopic (exact) mass is 433 g/mol. The lowest BCUT2D eigenvalue weighted by molar-refractivity contribution is -0.124. The number of nitrogens with zero attached hydrogens (tertiary/aromatic N) is 2. The molecule has 2 aliphatic rings. The number of sulfonamides is 1. The van der Waals surface area contributed by atoms with E-state index in [1.807, 2.05) is 0 Å². The van der Waals surface area contributed by atoms with E-state index in [4.69, 9.17) is 11.6 Å². The lowest BCUT2D eigenvalue weighted by Crippen LogP contribution is -2.49. The van der Waals surface area contributed by atoms with E-state index in [-0.39, 0.29) is 28.2 Å². The van der Waals surface area contributed by atoms with Gasteiger partial charge in [-0.1, -0.05) is 11.6 Å². The molecule has 1 aromatic rings. The van der Waals surface area contributed by atoms with Crippen molar-refractivity contribution in [3.63, 3.8) is 0 Å². The van der Waals surface area contributed by atoms with Gasteiger partial charge in [0, 0.05) is 31.2 Å². The normalized spacial score (nSPS) is 19.8. The highest BCUT2D eigenvalue weighted by Crippen LogP contribution is 2.25. The van der Waals surface area contributed by atoms with Gasteiger partial charge in [-0.25, -0.2) is 8.42 Å². The molecule has 10 heteroatoms. The lowest BCUT2D eigenvalue weighted by atomic mass is 10.3. The fraction of sp³-hybridized carbons (Fsp3) is 0.286. The van der Waals surface area contributed by atoms with Crippen molar-refractivity contribution >= 4 is 49.4 Å². The molecule has 1 saturated heterocycles. The molecule has 0 spiro atoms. The highest BCUT2D eigenvalue weighted by atomic mass is 79.9. The van der Waals surface area contributed by atoms with E-state index in [1.165, 1.54) is 28.6 Å². The van der Waals surface area contributed by atoms with E-state index >= 15 is 0 Å². The van der Waals surface area contributed by atoms with Crippen molar-refractivity contribution in [2.24, 2.45) is 0 Å². The van der Waals surface area contributed by atoms with Crippen molar-refractivity contribution in [2.45, 2.75) is 4.90 Å². The number of rotatable bonds is 3. The Balaban J connectivity index is 1.74. The number of carbonyl (C=O) groups excluding carboxylic acids is 2. The number of nitrogens with one attached hydrogen (secondary N) is 1. The van der Waals surface area contributed by atoms with Crippen molar-refractivity contribution in [2.75, 3.05) is 26.2 Å². The summed E-state index contributed by atoms with van der Waals surface area (Å²) in [7, 11) is -3.61. The number of halogens is 2. The number of amides is 2. The topological polar surface area (TPSA) is 86.8 Å². The van der Waals surface area contributed by atoms with Gasteiger partial charge in [-0.05, 0) is 40.2 Å². The summed E-state index contributed by atoms with van der Waals surface area (Å²) in [6, 6.07) is 5.99. The van der Waals surface area contributed by atoms with Crippen LogP contribution in [-0.2, 0) is 19.6 Å². The number of piperazine rings is 1. The van der Waals surface area contributed by atoms with Crippen LogP contribution in [0.5, 0.6) is 0 Å². The van der Waals surface area contributed by atoms with Gasteiger partial charge in [-0.3, -0.25) is 14.9 Å². The molecule has 0 radical (unpaired) electrons. The maximum Gasteiger partial charge on any atom is 0.275 e. The van der Waals surface area contributed by atoms with E-state index in [9.17, 15) is 18.0 Å². The second-order valence-electron chi connectivity index (χ2n) is 5.29. The molecule has 0 aliphatic carbocycles. The molecule has 24 heavy (non-hydrogen) atoms. The summed E-state index contributed by atoms with van der Waals surface area (Å²) < 4.78 is 26.8. The number of hydrogen-bond acceptors (Lipinski definition) is 5. The van der Waals surface area contributed by atoms with E-state index in [0.29, 0.717) is 18.1 Å². The third-order valence-corrected chi connectivity index (χ3v) is 6.76. The minimum absolute atomic E-state index is 0.175. The van der Waals surface area contributed by atoms with Gasteiger partial charge in [0.2, 0.25) is 10.0 Å². The quantitative estimate of drug-likeness (QED) is 0.715. The summed E-state index contributed by atoms with van der Waals surface area (Å²) in [5, 5.41) is 2.67. The van der Waals surface area contributed by atoms with Crippen LogP contribution in [0.3, 0.4) is 0 Å². The van der Waals surface area contributed by atoms with E-state index in [2.05, 4.69) is 21.2 Å². The molecule has 2 heterocycles. The summed E-state index contributed by atoms with van der Waals surface area (Å²) in [4.78, 5) is 25.2. The molecule has 3 rings (SSSR count). The van der Waals surface area contributed by atoms with Gasteiger partial charge < -0.3 is 4.90 Å². The average Bonchev–Trinajstić information content (AvgIpc) is 2.80. The highest BCUT2D eigenvalue weighted by Gasteiger charge is 2.36. The van der Waals surface area contributed by atoms with Gasteiger partial charge in [0.05, 0.1) is 4.90 Å². The van der Waals surface area contributed by atoms with Crippen LogP contribution in [0.1, 0.15) is 0 Å². The first-order valence-corrected chi connectivity index (χ1v) is 9.68. The summed E-state index contributed by atoms with van der Waals surface area (Å²) >= 11 is 8.89. The molecule has 0 bridgehead atoms. The minimum atomic E-state index is -3.61. The van der Waals surface area contributed by atoms with Crippen molar-refractivity contribution in [3.8, 4) is 0 Å². The standard InChI is InChI=1S/C14H13BrClN3O4S/c15-11-12(14(21)17-13(11)20)18-5-7-19(8-6-18)24(22,23)10-3-1-9(16)2-4-10/h1-4H,5-8H2,(H,17,20,21). The largest absolute Gasteiger partial charge is 0.363 e. The summed E-state index contributed by atoms with van der Waals surface area (Å²) in [6.07, 6.45) is 0. The SMILES string of the molecule is O=C1NC(=O)C(N2CCN(S(=O)(=O)c3ccc(Cl)cc3)CC2)=C1Br. The summed E-state index contributed by atoms with van der Waals surface area (Å²) in [6.45, 7) is 1.07. The molecular weight excluding hydrogens is 422 g/mol. The first-order chi connectivity index (χ1) is 11.3. The van der Waals surface area contributed by atoms with Gasteiger partial charge in [0.25, 0.3) is 11.8 Å². The van der Waals surface area contributed by atoms with Gasteiger partial charge in [-0.15, -0.1) is 0 Å². The molecule has 7 nitrogen and oxygen atoms in total. The Morgan fingerprint density at radius 2 is 1.58 bits per heavy atom. The Labute approximate surface area is 152 Å². The molecule has 2 amide bonds. The van der Waals surface area contributed by atoms with Crippen molar-refractivity contribution < 1.29 is 18.0 Å². The average molecular weight is 435 g/mol. The second-order valence-corrected chi connectivity index (χ2v) is 8.46. The summed E-state index contributed by atoms with van der Waals surface area (Å²) in [5.74, 6) is -0.952. The fourth-order valence-corrected chi connectivity index (χ4v) is 4.69. The Bertz CT molecular complexity index is 830. The number of hydrogen-bond donors (Lipinski definition) is 1. The maximum atomic E-state index is 12.6. The number of carbonyl (C=O) groups is 2. The predicted octanol–water partition coefficient (Wildman–Crippen LogP) is 0.909. The molecule has 0 aromatic heterocycles. The Kier molecular flexibility index (Phi) is 4.69. The fourth-order valence-electron chi connectivity index (χ4n) is 2.61. The van der Waals surface area contributed by atoms with Crippen molar-refractivity contribution in [3.05, 3.63) is 39.5 Å². The van der Waals surface area contributed by atoms with Crippen LogP contribution in [0.2, 0.25) is 5.02 Å².